The minimum absolute atomic E-state index is 0.296. The Bertz CT molecular complexity index is 407. The molecule has 0 spiro atoms. The maximum absolute atomic E-state index is 9.56. The van der Waals surface area contributed by atoms with Crippen molar-refractivity contribution in [1.29, 1.82) is 0 Å². The van der Waals surface area contributed by atoms with E-state index in [-0.39, 0.29) is 0 Å². The van der Waals surface area contributed by atoms with Crippen LogP contribution in [0, 0.1) is 5.92 Å². The van der Waals surface area contributed by atoms with Crippen LogP contribution in [0.3, 0.4) is 0 Å². The molecule has 1 aliphatic rings. The fourth-order valence-electron chi connectivity index (χ4n) is 3.07. The van der Waals surface area contributed by atoms with E-state index in [1.54, 1.807) is 7.11 Å². The van der Waals surface area contributed by atoms with Crippen LogP contribution in [0.1, 0.15) is 37.7 Å². The van der Waals surface area contributed by atoms with Crippen molar-refractivity contribution < 1.29 is 14.6 Å². The van der Waals surface area contributed by atoms with Crippen molar-refractivity contribution in [1.82, 2.24) is 5.32 Å². The van der Waals surface area contributed by atoms with Crippen LogP contribution in [-0.4, -0.2) is 38.1 Å². The molecular weight excluding hydrogens is 278 g/mol. The lowest BCUT2D eigenvalue weighted by molar-refractivity contribution is 0.146. The molecule has 0 aliphatic heterocycles. The zero-order chi connectivity index (χ0) is 15.6. The third-order valence-corrected chi connectivity index (χ3v) is 4.44. The number of benzene rings is 1. The summed E-state index contributed by atoms with van der Waals surface area (Å²) in [6.07, 6.45) is 6.11. The van der Waals surface area contributed by atoms with Crippen LogP contribution < -0.4 is 10.1 Å². The molecule has 1 aliphatic carbocycles. The van der Waals surface area contributed by atoms with Gasteiger partial charge in [-0.25, -0.2) is 0 Å². The zero-order valence-corrected chi connectivity index (χ0v) is 13.6. The van der Waals surface area contributed by atoms with Crippen molar-refractivity contribution in [3.05, 3.63) is 29.8 Å². The number of rotatable bonds is 8. The second-order valence-corrected chi connectivity index (χ2v) is 6.05. The number of hydrogen-bond acceptors (Lipinski definition) is 4. The second-order valence-electron chi connectivity index (χ2n) is 6.05. The highest BCUT2D eigenvalue weighted by Gasteiger charge is 2.22. The summed E-state index contributed by atoms with van der Waals surface area (Å²) in [6, 6.07) is 8.64. The van der Waals surface area contributed by atoms with Crippen molar-refractivity contribution in [2.45, 2.75) is 44.7 Å². The summed E-state index contributed by atoms with van der Waals surface area (Å²) in [6.45, 7) is 2.32. The zero-order valence-electron chi connectivity index (χ0n) is 13.6. The molecule has 0 amide bonds. The highest BCUT2D eigenvalue weighted by atomic mass is 16.5. The number of aliphatic hydroxyl groups is 1. The Morgan fingerprint density at radius 3 is 2.59 bits per heavy atom. The first-order valence-electron chi connectivity index (χ1n) is 8.38. The van der Waals surface area contributed by atoms with E-state index in [4.69, 9.17) is 9.47 Å². The SMILES string of the molecule is COCCOc1ccc(CNC2CCCCCC2CO)cc1. The average molecular weight is 307 g/mol. The number of methoxy groups -OCH3 is 1. The smallest absolute Gasteiger partial charge is 0.119 e. The number of ether oxygens (including phenoxy) is 2. The summed E-state index contributed by atoms with van der Waals surface area (Å²) >= 11 is 0. The summed E-state index contributed by atoms with van der Waals surface area (Å²) < 4.78 is 10.5. The van der Waals surface area contributed by atoms with Crippen molar-refractivity contribution >= 4 is 0 Å². The van der Waals surface area contributed by atoms with Crippen molar-refractivity contribution in [2.24, 2.45) is 5.92 Å². The summed E-state index contributed by atoms with van der Waals surface area (Å²) in [7, 11) is 1.67. The van der Waals surface area contributed by atoms with Crippen LogP contribution in [-0.2, 0) is 11.3 Å². The van der Waals surface area contributed by atoms with Crippen molar-refractivity contribution in [2.75, 3.05) is 26.9 Å². The minimum atomic E-state index is 0.296. The molecule has 1 aromatic rings. The third kappa shape index (κ3) is 5.59. The molecule has 2 unspecified atom stereocenters. The van der Waals surface area contributed by atoms with Gasteiger partial charge in [0.1, 0.15) is 12.4 Å². The Balaban J connectivity index is 1.80. The minimum Gasteiger partial charge on any atom is -0.491 e. The first-order valence-corrected chi connectivity index (χ1v) is 8.38. The van der Waals surface area contributed by atoms with Crippen LogP contribution in [0.4, 0.5) is 0 Å². The normalized spacial score (nSPS) is 22.3. The molecular formula is C18H29NO3. The molecule has 4 nitrogen and oxygen atoms in total. The lowest BCUT2D eigenvalue weighted by atomic mass is 9.95. The lowest BCUT2D eigenvalue weighted by Crippen LogP contribution is -2.36. The molecule has 1 fully saturated rings. The van der Waals surface area contributed by atoms with Crippen LogP contribution in [0.25, 0.3) is 0 Å². The van der Waals surface area contributed by atoms with Gasteiger partial charge in [-0.1, -0.05) is 31.4 Å². The van der Waals surface area contributed by atoms with Gasteiger partial charge in [-0.2, -0.15) is 0 Å². The van der Waals surface area contributed by atoms with Crippen LogP contribution in [0.2, 0.25) is 0 Å². The fraction of sp³-hybridized carbons (Fsp3) is 0.667. The Hall–Kier alpha value is -1.10. The number of aliphatic hydroxyl groups excluding tert-OH is 1. The van der Waals surface area contributed by atoms with Gasteiger partial charge in [0.05, 0.1) is 6.61 Å². The molecule has 22 heavy (non-hydrogen) atoms. The topological polar surface area (TPSA) is 50.7 Å². The maximum Gasteiger partial charge on any atom is 0.119 e. The van der Waals surface area contributed by atoms with Gasteiger partial charge in [-0.3, -0.25) is 0 Å². The molecule has 2 N–H and O–H groups in total. The van der Waals surface area contributed by atoms with Crippen LogP contribution in [0.15, 0.2) is 24.3 Å². The molecule has 1 aromatic carbocycles. The molecule has 0 aromatic heterocycles. The van der Waals surface area contributed by atoms with Gasteiger partial charge >= 0.3 is 0 Å². The van der Waals surface area contributed by atoms with Crippen molar-refractivity contribution in [3.63, 3.8) is 0 Å². The summed E-state index contributed by atoms with van der Waals surface area (Å²) in [5.41, 5.74) is 1.25. The van der Waals surface area contributed by atoms with E-state index in [2.05, 4.69) is 17.4 Å². The second kappa shape index (κ2) is 9.82. The molecule has 124 valence electrons. The first-order chi connectivity index (χ1) is 10.8. The van der Waals surface area contributed by atoms with Gasteiger partial charge < -0.3 is 19.9 Å². The summed E-state index contributed by atoms with van der Waals surface area (Å²) in [5.74, 6) is 1.28. The van der Waals surface area contributed by atoms with Crippen LogP contribution >= 0.6 is 0 Å². The van der Waals surface area contributed by atoms with Gasteiger partial charge in [-0.05, 0) is 36.5 Å². The molecule has 2 rings (SSSR count). The van der Waals surface area contributed by atoms with E-state index in [0.717, 1.165) is 18.7 Å². The molecule has 0 heterocycles. The Labute approximate surface area is 133 Å². The van der Waals surface area contributed by atoms with E-state index in [9.17, 15) is 5.11 Å². The predicted octanol–water partition coefficient (Wildman–Crippen LogP) is 2.74. The van der Waals surface area contributed by atoms with E-state index >= 15 is 0 Å². The van der Waals surface area contributed by atoms with Crippen molar-refractivity contribution in [3.8, 4) is 5.75 Å². The molecule has 1 saturated carbocycles. The highest BCUT2D eigenvalue weighted by molar-refractivity contribution is 5.27. The monoisotopic (exact) mass is 307 g/mol. The third-order valence-electron chi connectivity index (χ3n) is 4.44. The molecule has 0 bridgehead atoms. The number of nitrogens with one attached hydrogen (secondary N) is 1. The van der Waals surface area contributed by atoms with Gasteiger partial charge in [0.15, 0.2) is 0 Å². The molecule has 4 heteroatoms. The highest BCUT2D eigenvalue weighted by Crippen LogP contribution is 2.23. The van der Waals surface area contributed by atoms with Gasteiger partial charge in [-0.15, -0.1) is 0 Å². The van der Waals surface area contributed by atoms with Crippen LogP contribution in [0.5, 0.6) is 5.75 Å². The quantitative estimate of drug-likeness (QED) is 0.573. The Morgan fingerprint density at radius 1 is 1.09 bits per heavy atom. The van der Waals surface area contributed by atoms with Gasteiger partial charge in [0, 0.05) is 26.3 Å². The average Bonchev–Trinajstić information content (AvgIpc) is 2.79. The summed E-state index contributed by atoms with van der Waals surface area (Å²) in [5, 5.41) is 13.2. The van der Waals surface area contributed by atoms with E-state index in [1.807, 2.05) is 12.1 Å². The van der Waals surface area contributed by atoms with E-state index in [0.29, 0.717) is 31.8 Å². The predicted molar refractivity (Wildman–Crippen MR) is 88.1 cm³/mol. The first kappa shape index (κ1) is 17.3. The lowest BCUT2D eigenvalue weighted by Gasteiger charge is -2.24. The largest absolute Gasteiger partial charge is 0.491 e. The van der Waals surface area contributed by atoms with Gasteiger partial charge in [0.2, 0.25) is 0 Å². The van der Waals surface area contributed by atoms with Gasteiger partial charge in [0.25, 0.3) is 0 Å². The van der Waals surface area contributed by atoms with E-state index in [1.165, 1.54) is 31.2 Å². The fourth-order valence-corrected chi connectivity index (χ4v) is 3.07. The molecule has 2 atom stereocenters. The maximum atomic E-state index is 9.56. The Kier molecular flexibility index (Phi) is 7.71. The molecule has 0 radical (unpaired) electrons. The molecule has 0 saturated heterocycles. The standard InChI is InChI=1S/C18H29NO3/c1-21-11-12-22-17-9-7-15(8-10-17)13-19-18-6-4-2-3-5-16(18)14-20/h7-10,16,18-20H,2-6,11-14H2,1H3. The van der Waals surface area contributed by atoms with E-state index < -0.39 is 0 Å². The number of hydrogen-bond donors (Lipinski definition) is 2. The summed E-state index contributed by atoms with van der Waals surface area (Å²) in [4.78, 5) is 0. The Morgan fingerprint density at radius 2 is 1.86 bits per heavy atom.